The van der Waals surface area contributed by atoms with Gasteiger partial charge in [-0.2, -0.15) is 0 Å². The van der Waals surface area contributed by atoms with Gasteiger partial charge in [-0.3, -0.25) is 9.59 Å². The summed E-state index contributed by atoms with van der Waals surface area (Å²) in [7, 11) is 0. The fraction of sp³-hybridized carbons (Fsp3) is 0.263. The van der Waals surface area contributed by atoms with Crippen molar-refractivity contribution in [1.29, 1.82) is 0 Å². The Morgan fingerprint density at radius 2 is 1.71 bits per heavy atom. The van der Waals surface area contributed by atoms with Crippen molar-refractivity contribution in [3.8, 4) is 0 Å². The second kappa shape index (κ2) is 7.62. The fourth-order valence-electron chi connectivity index (χ4n) is 2.34. The molecule has 0 aliphatic heterocycles. The van der Waals surface area contributed by atoms with Crippen LogP contribution in [-0.4, -0.2) is 18.4 Å². The molecule has 2 aromatic rings. The van der Waals surface area contributed by atoms with Gasteiger partial charge in [-0.15, -0.1) is 0 Å². The van der Waals surface area contributed by atoms with Crippen LogP contribution in [0.1, 0.15) is 23.6 Å². The minimum Gasteiger partial charge on any atom is -0.324 e. The molecule has 2 amide bonds. The molecule has 0 aliphatic rings. The Morgan fingerprint density at radius 3 is 2.33 bits per heavy atom. The fourth-order valence-corrected chi connectivity index (χ4v) is 2.70. The van der Waals surface area contributed by atoms with Gasteiger partial charge in [0.25, 0.3) is 0 Å². The molecule has 2 aromatic carbocycles. The third-order valence-electron chi connectivity index (χ3n) is 3.82. The standard InChI is InChI=1S/C19H21BrN2O2/c1-12-5-6-14(3)18(9-12)21-19(24)11-22(15(4)23)16-8-7-13(2)17(20)10-16/h5-10H,11H2,1-4H3,(H,21,24). The SMILES string of the molecule is CC(=O)N(CC(=O)Nc1cc(C)ccc1C)c1ccc(C)c(Br)c1. The van der Waals surface area contributed by atoms with Gasteiger partial charge in [0.05, 0.1) is 0 Å². The average molecular weight is 389 g/mol. The Morgan fingerprint density at radius 1 is 1.04 bits per heavy atom. The van der Waals surface area contributed by atoms with E-state index in [1.807, 2.05) is 57.2 Å². The van der Waals surface area contributed by atoms with E-state index in [9.17, 15) is 9.59 Å². The molecule has 1 N–H and O–H groups in total. The summed E-state index contributed by atoms with van der Waals surface area (Å²) in [6.07, 6.45) is 0. The van der Waals surface area contributed by atoms with Gasteiger partial charge in [-0.25, -0.2) is 0 Å². The minimum atomic E-state index is -0.226. The van der Waals surface area contributed by atoms with Gasteiger partial charge >= 0.3 is 0 Å². The van der Waals surface area contributed by atoms with Crippen LogP contribution >= 0.6 is 15.9 Å². The highest BCUT2D eigenvalue weighted by molar-refractivity contribution is 9.10. The molecule has 0 spiro atoms. The number of nitrogens with one attached hydrogen (secondary N) is 1. The molecule has 0 saturated heterocycles. The van der Waals surface area contributed by atoms with E-state index in [0.717, 1.165) is 26.9 Å². The van der Waals surface area contributed by atoms with Crippen LogP contribution in [0.3, 0.4) is 0 Å². The van der Waals surface area contributed by atoms with E-state index in [0.29, 0.717) is 5.69 Å². The lowest BCUT2D eigenvalue weighted by molar-refractivity contribution is -0.120. The first-order chi connectivity index (χ1) is 11.3. The van der Waals surface area contributed by atoms with E-state index in [-0.39, 0.29) is 18.4 Å². The Hall–Kier alpha value is -2.14. The van der Waals surface area contributed by atoms with Crippen LogP contribution in [0.4, 0.5) is 11.4 Å². The largest absolute Gasteiger partial charge is 0.324 e. The van der Waals surface area contributed by atoms with Crippen molar-refractivity contribution < 1.29 is 9.59 Å². The molecule has 2 rings (SSSR count). The molecule has 0 fully saturated rings. The highest BCUT2D eigenvalue weighted by atomic mass is 79.9. The molecule has 24 heavy (non-hydrogen) atoms. The number of amides is 2. The van der Waals surface area contributed by atoms with Crippen LogP contribution < -0.4 is 10.2 Å². The average Bonchev–Trinajstić information content (AvgIpc) is 2.51. The van der Waals surface area contributed by atoms with Crippen molar-refractivity contribution in [1.82, 2.24) is 0 Å². The van der Waals surface area contributed by atoms with E-state index in [2.05, 4.69) is 21.2 Å². The van der Waals surface area contributed by atoms with Crippen LogP contribution in [0, 0.1) is 20.8 Å². The minimum absolute atomic E-state index is 0.0295. The number of benzene rings is 2. The number of anilines is 2. The normalized spacial score (nSPS) is 10.4. The molecule has 0 atom stereocenters. The summed E-state index contributed by atoms with van der Waals surface area (Å²) in [5.41, 5.74) is 4.59. The first kappa shape index (κ1) is 18.2. The molecular formula is C19H21BrN2O2. The quantitative estimate of drug-likeness (QED) is 0.845. The molecule has 4 nitrogen and oxygen atoms in total. The number of carbonyl (C=O) groups is 2. The third-order valence-corrected chi connectivity index (χ3v) is 4.67. The molecule has 0 radical (unpaired) electrons. The van der Waals surface area contributed by atoms with Crippen molar-refractivity contribution >= 4 is 39.1 Å². The van der Waals surface area contributed by atoms with Crippen molar-refractivity contribution in [3.63, 3.8) is 0 Å². The summed E-state index contributed by atoms with van der Waals surface area (Å²) in [5.74, 6) is -0.405. The molecule has 0 aliphatic carbocycles. The van der Waals surface area contributed by atoms with E-state index < -0.39 is 0 Å². The van der Waals surface area contributed by atoms with Crippen molar-refractivity contribution in [2.75, 3.05) is 16.8 Å². The third kappa shape index (κ3) is 4.45. The summed E-state index contributed by atoms with van der Waals surface area (Å²) in [5, 5.41) is 2.89. The summed E-state index contributed by atoms with van der Waals surface area (Å²) >= 11 is 3.46. The number of carbonyl (C=O) groups excluding carboxylic acids is 2. The Balaban J connectivity index is 2.18. The van der Waals surface area contributed by atoms with Gasteiger partial charge in [0.2, 0.25) is 11.8 Å². The maximum atomic E-state index is 12.4. The summed E-state index contributed by atoms with van der Waals surface area (Å²) in [4.78, 5) is 25.8. The zero-order valence-corrected chi connectivity index (χ0v) is 15.9. The summed E-state index contributed by atoms with van der Waals surface area (Å²) < 4.78 is 0.904. The Kier molecular flexibility index (Phi) is 5.78. The van der Waals surface area contributed by atoms with E-state index in [1.54, 1.807) is 0 Å². The lowest BCUT2D eigenvalue weighted by Crippen LogP contribution is -2.36. The van der Waals surface area contributed by atoms with Crippen molar-refractivity contribution in [3.05, 3.63) is 57.6 Å². The zero-order valence-electron chi connectivity index (χ0n) is 14.3. The predicted octanol–water partition coefficient (Wildman–Crippen LogP) is 4.37. The van der Waals surface area contributed by atoms with Gasteiger partial charge < -0.3 is 10.2 Å². The van der Waals surface area contributed by atoms with Crippen LogP contribution in [0.25, 0.3) is 0 Å². The van der Waals surface area contributed by atoms with Crippen molar-refractivity contribution in [2.45, 2.75) is 27.7 Å². The maximum Gasteiger partial charge on any atom is 0.244 e. The number of halogens is 1. The van der Waals surface area contributed by atoms with Gasteiger partial charge in [0.15, 0.2) is 0 Å². The molecule has 0 heterocycles. The molecule has 0 bridgehead atoms. The zero-order chi connectivity index (χ0) is 17.9. The van der Waals surface area contributed by atoms with Crippen LogP contribution in [0.5, 0.6) is 0 Å². The smallest absolute Gasteiger partial charge is 0.244 e. The number of aryl methyl sites for hydroxylation is 3. The summed E-state index contributed by atoms with van der Waals surface area (Å²) in [6, 6.07) is 11.5. The molecule has 0 saturated carbocycles. The Bertz CT molecular complexity index is 787. The first-order valence-electron chi connectivity index (χ1n) is 7.69. The van der Waals surface area contributed by atoms with Gasteiger partial charge in [0, 0.05) is 22.8 Å². The topological polar surface area (TPSA) is 49.4 Å². The van der Waals surface area contributed by atoms with Crippen molar-refractivity contribution in [2.24, 2.45) is 0 Å². The molecule has 0 aromatic heterocycles. The lowest BCUT2D eigenvalue weighted by Gasteiger charge is -2.21. The number of hydrogen-bond acceptors (Lipinski definition) is 2. The van der Waals surface area contributed by atoms with Crippen LogP contribution in [-0.2, 0) is 9.59 Å². The molecular weight excluding hydrogens is 368 g/mol. The molecule has 5 heteroatoms. The van der Waals surface area contributed by atoms with E-state index >= 15 is 0 Å². The predicted molar refractivity (Wildman–Crippen MR) is 101 cm³/mol. The maximum absolute atomic E-state index is 12.4. The first-order valence-corrected chi connectivity index (χ1v) is 8.48. The summed E-state index contributed by atoms with van der Waals surface area (Å²) in [6.45, 7) is 7.31. The highest BCUT2D eigenvalue weighted by Gasteiger charge is 2.17. The second-order valence-corrected chi connectivity index (χ2v) is 6.76. The van der Waals surface area contributed by atoms with E-state index in [1.165, 1.54) is 11.8 Å². The number of rotatable bonds is 4. The lowest BCUT2D eigenvalue weighted by atomic mass is 10.1. The van der Waals surface area contributed by atoms with Gasteiger partial charge in [-0.05, 0) is 55.7 Å². The molecule has 126 valence electrons. The molecule has 0 unspecified atom stereocenters. The number of hydrogen-bond donors (Lipinski definition) is 1. The Labute approximate surface area is 151 Å². The number of nitrogens with zero attached hydrogens (tertiary/aromatic N) is 1. The second-order valence-electron chi connectivity index (χ2n) is 5.91. The van der Waals surface area contributed by atoms with Gasteiger partial charge in [-0.1, -0.05) is 34.1 Å². The van der Waals surface area contributed by atoms with Crippen LogP contribution in [0.2, 0.25) is 0 Å². The van der Waals surface area contributed by atoms with Gasteiger partial charge in [0.1, 0.15) is 6.54 Å². The highest BCUT2D eigenvalue weighted by Crippen LogP contribution is 2.24. The van der Waals surface area contributed by atoms with Crippen LogP contribution in [0.15, 0.2) is 40.9 Å². The monoisotopic (exact) mass is 388 g/mol. The van der Waals surface area contributed by atoms with E-state index in [4.69, 9.17) is 0 Å².